The number of benzene rings is 1. The van der Waals surface area contributed by atoms with Gasteiger partial charge in [0.05, 0.1) is 23.6 Å². The fourth-order valence-corrected chi connectivity index (χ4v) is 4.28. The van der Waals surface area contributed by atoms with Crippen LogP contribution in [0.25, 0.3) is 0 Å². The molecule has 1 heterocycles. The van der Waals surface area contributed by atoms with E-state index in [-0.39, 0.29) is 24.2 Å². The molecular formula is C21H29N3O5S. The molecule has 164 valence electrons. The third-order valence-electron chi connectivity index (χ3n) is 4.92. The van der Waals surface area contributed by atoms with Crippen molar-refractivity contribution in [1.29, 1.82) is 0 Å². The fourth-order valence-electron chi connectivity index (χ4n) is 3.61. The van der Waals surface area contributed by atoms with Gasteiger partial charge in [0, 0.05) is 12.0 Å². The summed E-state index contributed by atoms with van der Waals surface area (Å²) in [6.07, 6.45) is 2.18. The molecule has 1 aromatic carbocycles. The van der Waals surface area contributed by atoms with E-state index in [0.29, 0.717) is 18.7 Å². The molecule has 0 aliphatic heterocycles. The number of ether oxygens (including phenoxy) is 1. The Labute approximate surface area is 177 Å². The summed E-state index contributed by atoms with van der Waals surface area (Å²) in [4.78, 5) is 12.3. The normalized spacial score (nSPS) is 19.6. The lowest BCUT2D eigenvalue weighted by atomic mass is 10.0. The summed E-state index contributed by atoms with van der Waals surface area (Å²) < 4.78 is 35.0. The van der Waals surface area contributed by atoms with E-state index in [0.717, 1.165) is 23.9 Å². The minimum Gasteiger partial charge on any atom is -0.444 e. The Morgan fingerprint density at radius 2 is 1.93 bits per heavy atom. The van der Waals surface area contributed by atoms with Crippen molar-refractivity contribution < 1.29 is 22.1 Å². The summed E-state index contributed by atoms with van der Waals surface area (Å²) in [5.41, 5.74) is 1.35. The first-order valence-electron chi connectivity index (χ1n) is 9.97. The highest BCUT2D eigenvalue weighted by molar-refractivity contribution is 7.86. The topological polar surface area (TPSA) is 99.5 Å². The molecule has 9 heteroatoms. The lowest BCUT2D eigenvalue weighted by Crippen LogP contribution is -2.27. The highest BCUT2D eigenvalue weighted by atomic mass is 32.2. The predicted molar refractivity (Wildman–Crippen MR) is 114 cm³/mol. The molecule has 1 fully saturated rings. The van der Waals surface area contributed by atoms with Crippen LogP contribution < -0.4 is 5.32 Å². The van der Waals surface area contributed by atoms with Gasteiger partial charge in [0.2, 0.25) is 0 Å². The summed E-state index contributed by atoms with van der Waals surface area (Å²) in [5.74, 6) is 0.615. The summed E-state index contributed by atoms with van der Waals surface area (Å²) >= 11 is 0. The van der Waals surface area contributed by atoms with Crippen LogP contribution >= 0.6 is 0 Å². The molecule has 2 unspecified atom stereocenters. The Morgan fingerprint density at radius 3 is 2.57 bits per heavy atom. The van der Waals surface area contributed by atoms with Gasteiger partial charge in [-0.3, -0.25) is 9.50 Å². The second-order valence-electron chi connectivity index (χ2n) is 8.66. The molecule has 0 bridgehead atoms. The van der Waals surface area contributed by atoms with Crippen molar-refractivity contribution in [2.75, 3.05) is 11.6 Å². The SMILES string of the molecule is CC(C)(C)n1nc(C2CCC(OS(C)(=O)=O)C2)cc1NC(=O)OCc1ccccc1. The number of aromatic nitrogens is 2. The third-order valence-corrected chi connectivity index (χ3v) is 5.54. The van der Waals surface area contributed by atoms with E-state index in [2.05, 4.69) is 5.32 Å². The molecule has 8 nitrogen and oxygen atoms in total. The number of nitrogens with one attached hydrogen (secondary N) is 1. The molecule has 1 aliphatic rings. The average molecular weight is 436 g/mol. The van der Waals surface area contributed by atoms with Gasteiger partial charge in [-0.25, -0.2) is 9.48 Å². The van der Waals surface area contributed by atoms with E-state index in [1.807, 2.05) is 57.2 Å². The van der Waals surface area contributed by atoms with Crippen molar-refractivity contribution in [3.05, 3.63) is 47.7 Å². The number of anilines is 1. The van der Waals surface area contributed by atoms with Crippen molar-refractivity contribution in [2.45, 2.75) is 64.2 Å². The van der Waals surface area contributed by atoms with Crippen LogP contribution in [0.3, 0.4) is 0 Å². The van der Waals surface area contributed by atoms with Gasteiger partial charge in [-0.05, 0) is 45.6 Å². The van der Waals surface area contributed by atoms with E-state index in [1.54, 1.807) is 4.68 Å². The molecule has 0 saturated heterocycles. The standard InChI is InChI=1S/C21H29N3O5S/c1-21(2,3)24-19(22-20(25)28-14-15-8-6-5-7-9-15)13-18(23-24)16-10-11-17(12-16)29-30(4,26)27/h5-9,13,16-17H,10-12,14H2,1-4H3,(H,22,25). The van der Waals surface area contributed by atoms with Gasteiger partial charge in [-0.1, -0.05) is 30.3 Å². The first-order valence-corrected chi connectivity index (χ1v) is 11.8. The molecule has 0 spiro atoms. The number of carbonyl (C=O) groups is 1. The number of hydrogen-bond acceptors (Lipinski definition) is 6. The minimum absolute atomic E-state index is 0.0706. The van der Waals surface area contributed by atoms with E-state index >= 15 is 0 Å². The number of carbonyl (C=O) groups excluding carboxylic acids is 1. The van der Waals surface area contributed by atoms with Crippen LogP contribution in [-0.4, -0.2) is 36.7 Å². The van der Waals surface area contributed by atoms with E-state index in [1.165, 1.54) is 0 Å². The molecule has 1 N–H and O–H groups in total. The Bertz CT molecular complexity index is 980. The van der Waals surface area contributed by atoms with Crippen LogP contribution in [0.15, 0.2) is 36.4 Å². The zero-order chi connectivity index (χ0) is 21.9. The van der Waals surface area contributed by atoms with Crippen molar-refractivity contribution in [3.63, 3.8) is 0 Å². The zero-order valence-electron chi connectivity index (χ0n) is 17.8. The predicted octanol–water partition coefficient (Wildman–Crippen LogP) is 4.00. The van der Waals surface area contributed by atoms with E-state index in [4.69, 9.17) is 14.0 Å². The van der Waals surface area contributed by atoms with Gasteiger partial charge in [-0.15, -0.1) is 0 Å². The smallest absolute Gasteiger partial charge is 0.413 e. The molecular weight excluding hydrogens is 406 g/mol. The average Bonchev–Trinajstić information content (AvgIpc) is 3.26. The molecule has 3 rings (SSSR count). The first kappa shape index (κ1) is 22.3. The van der Waals surface area contributed by atoms with Gasteiger partial charge >= 0.3 is 6.09 Å². The molecule has 0 radical (unpaired) electrons. The molecule has 1 amide bonds. The Morgan fingerprint density at radius 1 is 1.23 bits per heavy atom. The summed E-state index contributed by atoms with van der Waals surface area (Å²) in [5, 5.41) is 7.50. The highest BCUT2D eigenvalue weighted by Crippen LogP contribution is 2.37. The molecule has 2 aromatic rings. The minimum atomic E-state index is -3.48. The van der Waals surface area contributed by atoms with Crippen molar-refractivity contribution >= 4 is 22.0 Å². The zero-order valence-corrected chi connectivity index (χ0v) is 18.6. The van der Waals surface area contributed by atoms with E-state index < -0.39 is 16.2 Å². The lowest BCUT2D eigenvalue weighted by Gasteiger charge is -2.22. The Hall–Kier alpha value is -2.39. The summed E-state index contributed by atoms with van der Waals surface area (Å²) in [6, 6.07) is 11.3. The van der Waals surface area contributed by atoms with Gasteiger partial charge < -0.3 is 4.74 Å². The lowest BCUT2D eigenvalue weighted by molar-refractivity contribution is 0.154. The Kier molecular flexibility index (Phi) is 6.52. The largest absolute Gasteiger partial charge is 0.444 e. The maximum Gasteiger partial charge on any atom is 0.413 e. The van der Waals surface area contributed by atoms with Gasteiger partial charge in [0.1, 0.15) is 12.4 Å². The van der Waals surface area contributed by atoms with Crippen molar-refractivity contribution in [1.82, 2.24) is 9.78 Å². The molecule has 1 saturated carbocycles. The number of amides is 1. The quantitative estimate of drug-likeness (QED) is 0.689. The molecule has 1 aliphatic carbocycles. The van der Waals surface area contributed by atoms with Gasteiger partial charge in [-0.2, -0.15) is 13.5 Å². The molecule has 1 aromatic heterocycles. The van der Waals surface area contributed by atoms with Gasteiger partial charge in [0.25, 0.3) is 10.1 Å². The van der Waals surface area contributed by atoms with Crippen LogP contribution in [0, 0.1) is 0 Å². The van der Waals surface area contributed by atoms with Crippen molar-refractivity contribution in [2.24, 2.45) is 0 Å². The van der Waals surface area contributed by atoms with Crippen LogP contribution in [-0.2, 0) is 31.2 Å². The maximum absolute atomic E-state index is 12.3. The molecule has 30 heavy (non-hydrogen) atoms. The second kappa shape index (κ2) is 8.77. The third kappa shape index (κ3) is 6.06. The summed E-state index contributed by atoms with van der Waals surface area (Å²) in [6.45, 7) is 6.16. The highest BCUT2D eigenvalue weighted by Gasteiger charge is 2.32. The second-order valence-corrected chi connectivity index (χ2v) is 10.3. The number of nitrogens with zero attached hydrogens (tertiary/aromatic N) is 2. The maximum atomic E-state index is 12.3. The number of rotatable bonds is 6. The first-order chi connectivity index (χ1) is 14.0. The van der Waals surface area contributed by atoms with Crippen molar-refractivity contribution in [3.8, 4) is 0 Å². The fraction of sp³-hybridized carbons (Fsp3) is 0.524. The summed E-state index contributed by atoms with van der Waals surface area (Å²) in [7, 11) is -3.48. The monoisotopic (exact) mass is 435 g/mol. The number of hydrogen-bond donors (Lipinski definition) is 1. The van der Waals surface area contributed by atoms with Gasteiger partial charge in [0.15, 0.2) is 0 Å². The van der Waals surface area contributed by atoms with Crippen LogP contribution in [0.1, 0.15) is 57.2 Å². The van der Waals surface area contributed by atoms with Crippen LogP contribution in [0.4, 0.5) is 10.6 Å². The Balaban J connectivity index is 1.70. The molecule has 2 atom stereocenters. The van der Waals surface area contributed by atoms with E-state index in [9.17, 15) is 13.2 Å². The van der Waals surface area contributed by atoms with Crippen LogP contribution in [0.5, 0.6) is 0 Å². The van der Waals surface area contributed by atoms with Crippen LogP contribution in [0.2, 0.25) is 0 Å².